The lowest BCUT2D eigenvalue weighted by Gasteiger charge is -2.38. The molecule has 2 aliphatic rings. The number of fused-ring (bicyclic) bond motifs is 1. The summed E-state index contributed by atoms with van der Waals surface area (Å²) in [5.41, 5.74) is 0.498. The first kappa shape index (κ1) is 13.9. The quantitative estimate of drug-likeness (QED) is 0.824. The Kier molecular flexibility index (Phi) is 3.31. The summed E-state index contributed by atoms with van der Waals surface area (Å²) in [6.07, 6.45) is 0. The maximum absolute atomic E-state index is 13.7. The van der Waals surface area contributed by atoms with Gasteiger partial charge in [-0.1, -0.05) is 18.2 Å². The van der Waals surface area contributed by atoms with Gasteiger partial charge in [0.15, 0.2) is 0 Å². The molecule has 6 heteroatoms. The van der Waals surface area contributed by atoms with Crippen LogP contribution in [0, 0.1) is 5.82 Å². The number of likely N-dealkylation sites (N-methyl/N-ethyl adjacent to an activating group) is 1. The van der Waals surface area contributed by atoms with Crippen molar-refractivity contribution in [1.82, 2.24) is 14.7 Å². The van der Waals surface area contributed by atoms with Gasteiger partial charge in [-0.3, -0.25) is 4.79 Å². The molecule has 0 unspecified atom stereocenters. The molecule has 2 atom stereocenters. The van der Waals surface area contributed by atoms with Crippen molar-refractivity contribution in [2.24, 2.45) is 0 Å². The van der Waals surface area contributed by atoms with Crippen LogP contribution >= 0.6 is 0 Å². The number of hydrogen-bond donors (Lipinski definition) is 0. The molecule has 0 aliphatic carbocycles. The number of carbonyl (C=O) groups excluding carboxylic acids is 2. The highest BCUT2D eigenvalue weighted by atomic mass is 19.1. The Balaban J connectivity index is 1.80. The SMILES string of the molecule is C[C@H]1C(=O)N(C)C[C@@H]2CN(Cc3ccccc3F)C(=O)N21. The average Bonchev–Trinajstić information content (AvgIpc) is 2.75. The summed E-state index contributed by atoms with van der Waals surface area (Å²) in [4.78, 5) is 29.4. The van der Waals surface area contributed by atoms with E-state index in [1.54, 1.807) is 46.9 Å². The van der Waals surface area contributed by atoms with E-state index < -0.39 is 6.04 Å². The molecule has 2 fully saturated rings. The average molecular weight is 291 g/mol. The number of hydrogen-bond acceptors (Lipinski definition) is 2. The molecule has 3 amide bonds. The van der Waals surface area contributed by atoms with E-state index in [0.29, 0.717) is 18.7 Å². The Bertz CT molecular complexity index is 592. The predicted octanol–water partition coefficient (Wildman–Crippen LogP) is 1.29. The lowest BCUT2D eigenvalue weighted by atomic mass is 10.1. The predicted molar refractivity (Wildman–Crippen MR) is 74.9 cm³/mol. The molecule has 1 aromatic rings. The first-order chi connectivity index (χ1) is 9.99. The van der Waals surface area contributed by atoms with E-state index >= 15 is 0 Å². The van der Waals surface area contributed by atoms with Crippen LogP contribution in [0.1, 0.15) is 12.5 Å². The molecule has 2 heterocycles. The lowest BCUT2D eigenvalue weighted by Crippen LogP contribution is -2.58. The summed E-state index contributed by atoms with van der Waals surface area (Å²) < 4.78 is 13.7. The van der Waals surface area contributed by atoms with Crippen molar-refractivity contribution in [1.29, 1.82) is 0 Å². The Hall–Kier alpha value is -2.11. The van der Waals surface area contributed by atoms with Gasteiger partial charge in [0, 0.05) is 25.7 Å². The Morgan fingerprint density at radius 2 is 1.95 bits per heavy atom. The highest BCUT2D eigenvalue weighted by Crippen LogP contribution is 2.26. The smallest absolute Gasteiger partial charge is 0.321 e. The van der Waals surface area contributed by atoms with Crippen molar-refractivity contribution in [3.63, 3.8) is 0 Å². The fourth-order valence-electron chi connectivity index (χ4n) is 3.18. The number of rotatable bonds is 2. The number of nitrogens with zero attached hydrogens (tertiary/aromatic N) is 3. The van der Waals surface area contributed by atoms with Gasteiger partial charge >= 0.3 is 6.03 Å². The fraction of sp³-hybridized carbons (Fsp3) is 0.467. The van der Waals surface area contributed by atoms with Crippen molar-refractivity contribution in [3.05, 3.63) is 35.6 Å². The van der Waals surface area contributed by atoms with Crippen molar-refractivity contribution >= 4 is 11.9 Å². The van der Waals surface area contributed by atoms with Gasteiger partial charge in [0.05, 0.1) is 12.6 Å². The maximum atomic E-state index is 13.7. The summed E-state index contributed by atoms with van der Waals surface area (Å²) in [5.74, 6) is -0.358. The largest absolute Gasteiger partial charge is 0.342 e. The first-order valence-corrected chi connectivity index (χ1v) is 7.04. The second kappa shape index (κ2) is 5.02. The molecule has 112 valence electrons. The number of urea groups is 1. The molecule has 0 bridgehead atoms. The minimum atomic E-state index is -0.452. The molecule has 0 saturated carbocycles. The van der Waals surface area contributed by atoms with Crippen LogP contribution in [0.25, 0.3) is 0 Å². The number of amides is 3. The molecule has 0 aromatic heterocycles. The zero-order chi connectivity index (χ0) is 15.1. The van der Waals surface area contributed by atoms with Crippen LogP contribution in [0.5, 0.6) is 0 Å². The third-order valence-electron chi connectivity index (χ3n) is 4.27. The summed E-state index contributed by atoms with van der Waals surface area (Å²) in [7, 11) is 1.75. The van der Waals surface area contributed by atoms with Gasteiger partial charge < -0.3 is 14.7 Å². The molecule has 0 N–H and O–H groups in total. The molecule has 3 rings (SSSR count). The first-order valence-electron chi connectivity index (χ1n) is 7.04. The van der Waals surface area contributed by atoms with E-state index in [0.717, 1.165) is 0 Å². The molecule has 2 saturated heterocycles. The molecule has 5 nitrogen and oxygen atoms in total. The number of halogens is 1. The van der Waals surface area contributed by atoms with Gasteiger partial charge in [-0.15, -0.1) is 0 Å². The summed E-state index contributed by atoms with van der Waals surface area (Å²) in [6, 6.07) is 5.81. The number of piperazine rings is 1. The molecule has 2 aliphatic heterocycles. The van der Waals surface area contributed by atoms with Crippen LogP contribution in [0.15, 0.2) is 24.3 Å². The van der Waals surface area contributed by atoms with Crippen LogP contribution in [-0.2, 0) is 11.3 Å². The minimum Gasteiger partial charge on any atom is -0.342 e. The molecular weight excluding hydrogens is 273 g/mol. The minimum absolute atomic E-state index is 0.0121. The van der Waals surface area contributed by atoms with E-state index in [2.05, 4.69) is 0 Å². The van der Waals surface area contributed by atoms with Crippen LogP contribution in [0.4, 0.5) is 9.18 Å². The van der Waals surface area contributed by atoms with Gasteiger partial charge in [0.1, 0.15) is 11.9 Å². The third kappa shape index (κ3) is 2.24. The number of benzene rings is 1. The topological polar surface area (TPSA) is 43.9 Å². The van der Waals surface area contributed by atoms with Crippen LogP contribution in [-0.4, -0.2) is 58.9 Å². The zero-order valence-corrected chi connectivity index (χ0v) is 12.1. The standard InChI is InChI=1S/C15H18FN3O2/c1-10-14(20)17(2)8-12-9-18(15(21)19(10)12)7-11-5-3-4-6-13(11)16/h3-6,10,12H,7-9H2,1-2H3/t10-,12+/m0/s1. The highest BCUT2D eigenvalue weighted by Gasteiger charge is 2.46. The normalized spacial score (nSPS) is 25.6. The van der Waals surface area contributed by atoms with E-state index in [4.69, 9.17) is 0 Å². The van der Waals surface area contributed by atoms with Gasteiger partial charge in [-0.05, 0) is 13.0 Å². The Labute approximate surface area is 122 Å². The van der Waals surface area contributed by atoms with Crippen LogP contribution < -0.4 is 0 Å². The van der Waals surface area contributed by atoms with Crippen molar-refractivity contribution in [2.45, 2.75) is 25.6 Å². The maximum Gasteiger partial charge on any atom is 0.321 e. The summed E-state index contributed by atoms with van der Waals surface area (Å²) >= 11 is 0. The Morgan fingerprint density at radius 3 is 2.67 bits per heavy atom. The van der Waals surface area contributed by atoms with E-state index in [-0.39, 0.29) is 30.3 Å². The summed E-state index contributed by atoms with van der Waals surface area (Å²) in [6.45, 7) is 3.04. The van der Waals surface area contributed by atoms with Crippen molar-refractivity contribution in [2.75, 3.05) is 20.1 Å². The molecule has 0 radical (unpaired) electrons. The zero-order valence-electron chi connectivity index (χ0n) is 12.1. The molecule has 1 aromatic carbocycles. The van der Waals surface area contributed by atoms with Crippen molar-refractivity contribution < 1.29 is 14.0 Å². The van der Waals surface area contributed by atoms with Gasteiger partial charge in [-0.25, -0.2) is 9.18 Å². The highest BCUT2D eigenvalue weighted by molar-refractivity contribution is 5.89. The summed E-state index contributed by atoms with van der Waals surface area (Å²) in [5, 5.41) is 0. The van der Waals surface area contributed by atoms with Gasteiger partial charge in [-0.2, -0.15) is 0 Å². The van der Waals surface area contributed by atoms with Gasteiger partial charge in [0.25, 0.3) is 0 Å². The van der Waals surface area contributed by atoms with Crippen LogP contribution in [0.2, 0.25) is 0 Å². The van der Waals surface area contributed by atoms with E-state index in [9.17, 15) is 14.0 Å². The second-order valence-electron chi connectivity index (χ2n) is 5.71. The van der Waals surface area contributed by atoms with Crippen molar-refractivity contribution in [3.8, 4) is 0 Å². The number of carbonyl (C=O) groups is 2. The van der Waals surface area contributed by atoms with Gasteiger partial charge in [0.2, 0.25) is 5.91 Å². The van der Waals surface area contributed by atoms with Crippen LogP contribution in [0.3, 0.4) is 0 Å². The molecular formula is C15H18FN3O2. The van der Waals surface area contributed by atoms with E-state index in [1.807, 2.05) is 0 Å². The fourth-order valence-corrected chi connectivity index (χ4v) is 3.18. The van der Waals surface area contributed by atoms with E-state index in [1.165, 1.54) is 6.07 Å². The Morgan fingerprint density at radius 1 is 1.24 bits per heavy atom. The molecule has 0 spiro atoms. The second-order valence-corrected chi connectivity index (χ2v) is 5.71. The molecule has 21 heavy (non-hydrogen) atoms. The monoisotopic (exact) mass is 291 g/mol. The lowest BCUT2D eigenvalue weighted by molar-refractivity contribution is -0.139. The third-order valence-corrected chi connectivity index (χ3v) is 4.27.